The molecule has 2 aromatic heterocycles. The van der Waals surface area contributed by atoms with Crippen LogP contribution in [0.2, 0.25) is 0 Å². The summed E-state index contributed by atoms with van der Waals surface area (Å²) >= 11 is 1.67. The predicted octanol–water partition coefficient (Wildman–Crippen LogP) is 2.42. The van der Waals surface area contributed by atoms with Crippen molar-refractivity contribution in [3.63, 3.8) is 0 Å². The summed E-state index contributed by atoms with van der Waals surface area (Å²) in [7, 11) is 0. The van der Waals surface area contributed by atoms with Crippen molar-refractivity contribution in [1.82, 2.24) is 20.8 Å². The molecule has 0 radical (unpaired) electrons. The SMILES string of the molecule is CCC(NC(=O)c1n[nH]c2c1CNCC2)c1cccs1.Cl. The molecule has 0 fully saturated rings. The molecule has 1 atom stereocenters. The summed E-state index contributed by atoms with van der Waals surface area (Å²) < 4.78 is 0. The molecule has 3 rings (SSSR count). The molecule has 0 spiro atoms. The summed E-state index contributed by atoms with van der Waals surface area (Å²) in [6.07, 6.45) is 1.77. The molecule has 0 saturated heterocycles. The van der Waals surface area contributed by atoms with Gasteiger partial charge in [-0.05, 0) is 17.9 Å². The molecule has 0 saturated carbocycles. The molecule has 2 aromatic rings. The highest BCUT2D eigenvalue weighted by Gasteiger charge is 2.23. The van der Waals surface area contributed by atoms with Gasteiger partial charge in [0.05, 0.1) is 6.04 Å². The minimum Gasteiger partial charge on any atom is -0.343 e. The number of carbonyl (C=O) groups is 1. The predicted molar refractivity (Wildman–Crippen MR) is 86.1 cm³/mol. The van der Waals surface area contributed by atoms with Gasteiger partial charge < -0.3 is 10.6 Å². The number of amides is 1. The molecule has 7 heteroatoms. The van der Waals surface area contributed by atoms with Crippen molar-refractivity contribution in [2.24, 2.45) is 0 Å². The van der Waals surface area contributed by atoms with E-state index in [0.29, 0.717) is 12.2 Å². The van der Waals surface area contributed by atoms with E-state index in [0.717, 1.165) is 30.6 Å². The van der Waals surface area contributed by atoms with Gasteiger partial charge in [-0.3, -0.25) is 9.89 Å². The van der Waals surface area contributed by atoms with Gasteiger partial charge in [0.15, 0.2) is 5.69 Å². The van der Waals surface area contributed by atoms with Crippen molar-refractivity contribution in [2.45, 2.75) is 32.4 Å². The van der Waals surface area contributed by atoms with Crippen LogP contribution >= 0.6 is 23.7 Å². The minimum absolute atomic E-state index is 0. The number of rotatable bonds is 4. The zero-order valence-electron chi connectivity index (χ0n) is 11.8. The lowest BCUT2D eigenvalue weighted by atomic mass is 10.1. The Hall–Kier alpha value is -1.37. The van der Waals surface area contributed by atoms with E-state index < -0.39 is 0 Å². The molecule has 5 nitrogen and oxygen atoms in total. The Morgan fingerprint density at radius 1 is 1.57 bits per heavy atom. The fraction of sp³-hybridized carbons (Fsp3) is 0.429. The van der Waals surface area contributed by atoms with Gasteiger partial charge in [0.25, 0.3) is 5.91 Å². The maximum absolute atomic E-state index is 12.4. The average molecular weight is 327 g/mol. The van der Waals surface area contributed by atoms with Crippen molar-refractivity contribution in [1.29, 1.82) is 0 Å². The summed E-state index contributed by atoms with van der Waals surface area (Å²) in [5.41, 5.74) is 2.62. The first-order chi connectivity index (χ1) is 9.79. The molecular weight excluding hydrogens is 308 g/mol. The normalized spacial score (nSPS) is 14.9. The zero-order chi connectivity index (χ0) is 13.9. The van der Waals surface area contributed by atoms with Crippen LogP contribution in [0.25, 0.3) is 0 Å². The molecule has 0 bridgehead atoms. The second kappa shape index (κ2) is 7.06. The Bertz CT molecular complexity index is 596. The number of thiophene rings is 1. The van der Waals surface area contributed by atoms with Crippen LogP contribution in [0.3, 0.4) is 0 Å². The number of halogens is 1. The van der Waals surface area contributed by atoms with E-state index in [4.69, 9.17) is 0 Å². The van der Waals surface area contributed by atoms with Crippen LogP contribution in [0.15, 0.2) is 17.5 Å². The number of H-pyrrole nitrogens is 1. The molecule has 0 aromatic carbocycles. The second-order valence-corrected chi connectivity index (χ2v) is 5.89. The first-order valence-electron chi connectivity index (χ1n) is 6.90. The topological polar surface area (TPSA) is 69.8 Å². The van der Waals surface area contributed by atoms with Crippen molar-refractivity contribution in [2.75, 3.05) is 6.54 Å². The summed E-state index contributed by atoms with van der Waals surface area (Å²) in [5, 5.41) is 15.6. The molecular formula is C14H19ClN4OS. The summed E-state index contributed by atoms with van der Waals surface area (Å²) in [4.78, 5) is 13.6. The highest BCUT2D eigenvalue weighted by Crippen LogP contribution is 2.23. The zero-order valence-corrected chi connectivity index (χ0v) is 13.4. The molecule has 1 amide bonds. The average Bonchev–Trinajstić information content (AvgIpc) is 3.13. The van der Waals surface area contributed by atoms with Crippen molar-refractivity contribution in [3.8, 4) is 0 Å². The molecule has 1 aliphatic heterocycles. The Kier molecular flexibility index (Phi) is 5.39. The van der Waals surface area contributed by atoms with E-state index in [1.165, 1.54) is 4.88 Å². The second-order valence-electron chi connectivity index (χ2n) is 4.91. The van der Waals surface area contributed by atoms with Gasteiger partial charge in [0, 0.05) is 35.6 Å². The van der Waals surface area contributed by atoms with Crippen molar-refractivity contribution < 1.29 is 4.79 Å². The molecule has 114 valence electrons. The van der Waals surface area contributed by atoms with Crippen LogP contribution in [-0.2, 0) is 13.0 Å². The van der Waals surface area contributed by atoms with Gasteiger partial charge in [-0.25, -0.2) is 0 Å². The number of aromatic amines is 1. The highest BCUT2D eigenvalue weighted by atomic mass is 35.5. The van der Waals surface area contributed by atoms with Gasteiger partial charge in [-0.15, -0.1) is 23.7 Å². The fourth-order valence-electron chi connectivity index (χ4n) is 2.50. The fourth-order valence-corrected chi connectivity index (χ4v) is 3.36. The van der Waals surface area contributed by atoms with Gasteiger partial charge in [-0.2, -0.15) is 5.10 Å². The van der Waals surface area contributed by atoms with E-state index in [9.17, 15) is 4.79 Å². The molecule has 1 aliphatic rings. The van der Waals surface area contributed by atoms with E-state index in [1.807, 2.05) is 11.4 Å². The van der Waals surface area contributed by atoms with Gasteiger partial charge >= 0.3 is 0 Å². The highest BCUT2D eigenvalue weighted by molar-refractivity contribution is 7.10. The Balaban J connectivity index is 0.00000161. The number of nitrogens with one attached hydrogen (secondary N) is 3. The smallest absolute Gasteiger partial charge is 0.272 e. The minimum atomic E-state index is -0.0913. The third kappa shape index (κ3) is 3.28. The number of aromatic nitrogens is 2. The first kappa shape index (κ1) is 16.0. The Labute approximate surface area is 133 Å². The van der Waals surface area contributed by atoms with Gasteiger partial charge in [-0.1, -0.05) is 13.0 Å². The summed E-state index contributed by atoms with van der Waals surface area (Å²) in [6.45, 7) is 3.72. The third-order valence-corrected chi connectivity index (χ3v) is 4.61. The number of fused-ring (bicyclic) bond motifs is 1. The number of carbonyl (C=O) groups excluding carboxylic acids is 1. The van der Waals surface area contributed by atoms with Crippen LogP contribution in [0.4, 0.5) is 0 Å². The summed E-state index contributed by atoms with van der Waals surface area (Å²) in [6, 6.07) is 4.13. The standard InChI is InChI=1S/C14H18N4OS.ClH/c1-2-10(12-4-3-7-20-12)16-14(19)13-9-8-15-6-5-11(9)17-18-13;/h3-4,7,10,15H,2,5-6,8H2,1H3,(H,16,19)(H,17,18);1H. The lowest BCUT2D eigenvalue weighted by molar-refractivity contribution is 0.0930. The molecule has 0 aliphatic carbocycles. The van der Waals surface area contributed by atoms with Crippen LogP contribution in [0.5, 0.6) is 0 Å². The van der Waals surface area contributed by atoms with Gasteiger partial charge in [0.2, 0.25) is 0 Å². The van der Waals surface area contributed by atoms with Crippen molar-refractivity contribution >= 4 is 29.7 Å². The number of nitrogens with zero attached hydrogens (tertiary/aromatic N) is 1. The summed E-state index contributed by atoms with van der Waals surface area (Å²) in [5.74, 6) is -0.0913. The van der Waals surface area contributed by atoms with E-state index in [2.05, 4.69) is 33.8 Å². The largest absolute Gasteiger partial charge is 0.343 e. The Morgan fingerprint density at radius 2 is 2.43 bits per heavy atom. The van der Waals surface area contributed by atoms with Crippen molar-refractivity contribution in [3.05, 3.63) is 39.3 Å². The van der Waals surface area contributed by atoms with Crippen LogP contribution in [0, 0.1) is 0 Å². The monoisotopic (exact) mass is 326 g/mol. The van der Waals surface area contributed by atoms with E-state index in [-0.39, 0.29) is 24.4 Å². The molecule has 21 heavy (non-hydrogen) atoms. The lowest BCUT2D eigenvalue weighted by Gasteiger charge is -2.16. The maximum atomic E-state index is 12.4. The first-order valence-corrected chi connectivity index (χ1v) is 7.78. The van der Waals surface area contributed by atoms with Gasteiger partial charge in [0.1, 0.15) is 0 Å². The van der Waals surface area contributed by atoms with E-state index >= 15 is 0 Å². The quantitative estimate of drug-likeness (QED) is 0.808. The third-order valence-electron chi connectivity index (χ3n) is 3.62. The van der Waals surface area contributed by atoms with E-state index in [1.54, 1.807) is 11.3 Å². The Morgan fingerprint density at radius 3 is 3.14 bits per heavy atom. The number of hydrogen-bond donors (Lipinski definition) is 3. The van der Waals surface area contributed by atoms with Crippen LogP contribution < -0.4 is 10.6 Å². The molecule has 3 N–H and O–H groups in total. The molecule has 3 heterocycles. The number of hydrogen-bond acceptors (Lipinski definition) is 4. The van der Waals surface area contributed by atoms with Crippen LogP contribution in [-0.4, -0.2) is 22.6 Å². The molecule has 1 unspecified atom stereocenters. The lowest BCUT2D eigenvalue weighted by Crippen LogP contribution is -2.30. The maximum Gasteiger partial charge on any atom is 0.272 e. The van der Waals surface area contributed by atoms with Crippen LogP contribution in [0.1, 0.15) is 46.0 Å².